The lowest BCUT2D eigenvalue weighted by molar-refractivity contribution is -0.384. The van der Waals surface area contributed by atoms with Crippen molar-refractivity contribution in [3.05, 3.63) is 69.4 Å². The van der Waals surface area contributed by atoms with Crippen LogP contribution in [0.1, 0.15) is 18.1 Å². The largest absolute Gasteiger partial charge is 0.495 e. The summed E-state index contributed by atoms with van der Waals surface area (Å²) in [5, 5.41) is 16.0. The summed E-state index contributed by atoms with van der Waals surface area (Å²) in [5.74, 6) is -0.565. The first kappa shape index (κ1) is 19.6. The molecule has 0 fully saturated rings. The van der Waals surface area contributed by atoms with Crippen molar-refractivity contribution in [2.24, 2.45) is 0 Å². The fourth-order valence-corrected chi connectivity index (χ4v) is 2.35. The van der Waals surface area contributed by atoms with E-state index in [0.717, 1.165) is 5.56 Å². The van der Waals surface area contributed by atoms with Crippen molar-refractivity contribution in [1.29, 1.82) is 0 Å². The third-order valence-electron chi connectivity index (χ3n) is 3.55. The summed E-state index contributed by atoms with van der Waals surface area (Å²) in [6.45, 7) is 3.13. The van der Waals surface area contributed by atoms with Crippen LogP contribution in [0.2, 0.25) is 0 Å². The molecule has 0 aromatic heterocycles. The van der Waals surface area contributed by atoms with E-state index in [4.69, 9.17) is 4.74 Å². The van der Waals surface area contributed by atoms with Crippen LogP contribution in [0.4, 0.5) is 11.4 Å². The molecule has 27 heavy (non-hydrogen) atoms. The van der Waals surface area contributed by atoms with Crippen molar-refractivity contribution in [2.75, 3.05) is 12.4 Å². The maximum Gasteiger partial charge on any atom is 0.272 e. The number of non-ortho nitro benzene ring substituents is 1. The Morgan fingerprint density at radius 2 is 1.93 bits per heavy atom. The number of nitro groups is 1. The molecule has 2 aromatic carbocycles. The number of methoxy groups -OCH3 is 1. The van der Waals surface area contributed by atoms with Gasteiger partial charge in [0.1, 0.15) is 11.4 Å². The lowest BCUT2D eigenvalue weighted by Gasteiger charge is -2.13. The maximum absolute atomic E-state index is 12.7. The van der Waals surface area contributed by atoms with Crippen molar-refractivity contribution >= 4 is 29.3 Å². The maximum atomic E-state index is 12.7. The molecule has 8 nitrogen and oxygen atoms in total. The highest BCUT2D eigenvalue weighted by atomic mass is 16.6. The number of nitrogens with one attached hydrogen (secondary N) is 2. The molecule has 0 saturated carbocycles. The van der Waals surface area contributed by atoms with E-state index in [0.29, 0.717) is 17.0 Å². The van der Waals surface area contributed by atoms with E-state index < -0.39 is 16.7 Å². The lowest BCUT2D eigenvalue weighted by Crippen LogP contribution is -2.29. The number of benzene rings is 2. The van der Waals surface area contributed by atoms with E-state index in [9.17, 15) is 19.7 Å². The van der Waals surface area contributed by atoms with Crippen LogP contribution in [0.5, 0.6) is 5.75 Å². The highest BCUT2D eigenvalue weighted by Gasteiger charge is 2.15. The molecule has 2 rings (SSSR count). The van der Waals surface area contributed by atoms with Crippen LogP contribution < -0.4 is 15.4 Å². The Kier molecular flexibility index (Phi) is 6.27. The number of carbonyl (C=O) groups excluding carboxylic acids is 2. The van der Waals surface area contributed by atoms with Crippen molar-refractivity contribution in [3.8, 4) is 5.75 Å². The van der Waals surface area contributed by atoms with Crippen LogP contribution in [0.15, 0.2) is 48.2 Å². The van der Waals surface area contributed by atoms with Crippen molar-refractivity contribution in [3.63, 3.8) is 0 Å². The molecule has 0 spiro atoms. The molecule has 140 valence electrons. The first-order valence-electron chi connectivity index (χ1n) is 8.00. The molecule has 0 radical (unpaired) electrons. The number of nitrogens with zero attached hydrogens (tertiary/aromatic N) is 1. The van der Waals surface area contributed by atoms with Crippen LogP contribution >= 0.6 is 0 Å². The summed E-state index contributed by atoms with van der Waals surface area (Å²) in [5.41, 5.74) is 1.59. The van der Waals surface area contributed by atoms with Crippen LogP contribution in [-0.2, 0) is 9.59 Å². The Morgan fingerprint density at radius 1 is 1.19 bits per heavy atom. The van der Waals surface area contributed by atoms with Gasteiger partial charge in [0.2, 0.25) is 5.91 Å². The van der Waals surface area contributed by atoms with Gasteiger partial charge in [-0.25, -0.2) is 0 Å². The average molecular weight is 369 g/mol. The normalized spacial score (nSPS) is 10.9. The number of amides is 2. The molecular weight excluding hydrogens is 350 g/mol. The molecule has 8 heteroatoms. The lowest BCUT2D eigenvalue weighted by atomic mass is 10.1. The Hall–Kier alpha value is -3.68. The smallest absolute Gasteiger partial charge is 0.272 e. The fraction of sp³-hybridized carbons (Fsp3) is 0.158. The van der Waals surface area contributed by atoms with Crippen LogP contribution in [0, 0.1) is 17.0 Å². The minimum absolute atomic E-state index is 0.0495. The Labute approximate surface area is 156 Å². The summed E-state index contributed by atoms with van der Waals surface area (Å²) in [7, 11) is 1.48. The van der Waals surface area contributed by atoms with E-state index >= 15 is 0 Å². The number of hydrogen-bond donors (Lipinski definition) is 2. The number of ether oxygens (including phenoxy) is 1. The van der Waals surface area contributed by atoms with Gasteiger partial charge in [-0.3, -0.25) is 19.7 Å². The fourth-order valence-electron chi connectivity index (χ4n) is 2.35. The molecule has 0 saturated heterocycles. The van der Waals surface area contributed by atoms with E-state index in [2.05, 4.69) is 10.6 Å². The van der Waals surface area contributed by atoms with Gasteiger partial charge in [0, 0.05) is 19.1 Å². The van der Waals surface area contributed by atoms with Gasteiger partial charge < -0.3 is 15.4 Å². The van der Waals surface area contributed by atoms with E-state index in [-0.39, 0.29) is 11.4 Å². The molecule has 0 bridgehead atoms. The molecule has 0 aliphatic carbocycles. The number of anilines is 1. The summed E-state index contributed by atoms with van der Waals surface area (Å²) in [6.07, 6.45) is 1.37. The topological polar surface area (TPSA) is 111 Å². The van der Waals surface area contributed by atoms with Crippen molar-refractivity contribution in [2.45, 2.75) is 13.8 Å². The van der Waals surface area contributed by atoms with Gasteiger partial charge in [0.05, 0.1) is 17.7 Å². The first-order valence-corrected chi connectivity index (χ1v) is 8.00. The Morgan fingerprint density at radius 3 is 2.56 bits per heavy atom. The molecule has 2 aromatic rings. The molecule has 0 unspecified atom stereocenters. The van der Waals surface area contributed by atoms with Gasteiger partial charge in [-0.2, -0.15) is 0 Å². The molecule has 2 amide bonds. The number of carbonyl (C=O) groups is 2. The number of aryl methyl sites for hydroxylation is 1. The van der Waals surface area contributed by atoms with Gasteiger partial charge in [0.25, 0.3) is 11.6 Å². The minimum Gasteiger partial charge on any atom is -0.495 e. The van der Waals surface area contributed by atoms with Crippen molar-refractivity contribution in [1.82, 2.24) is 5.32 Å². The standard InChI is InChI=1S/C19H19N3O5/c1-12-7-8-18(27-3)16(9-12)21-19(24)17(20-13(2)23)11-14-5-4-6-15(10-14)22(25)26/h4-11H,1-3H3,(H,20,23)(H,21,24)/b17-11+. The monoisotopic (exact) mass is 369 g/mol. The van der Waals surface area contributed by atoms with E-state index in [1.54, 1.807) is 18.2 Å². The van der Waals surface area contributed by atoms with Gasteiger partial charge in [-0.1, -0.05) is 18.2 Å². The first-order chi connectivity index (χ1) is 12.8. The zero-order valence-corrected chi connectivity index (χ0v) is 15.1. The molecule has 0 aliphatic heterocycles. The van der Waals surface area contributed by atoms with Crippen LogP contribution in [-0.4, -0.2) is 23.8 Å². The summed E-state index contributed by atoms with van der Waals surface area (Å²) >= 11 is 0. The highest BCUT2D eigenvalue weighted by Crippen LogP contribution is 2.25. The molecule has 0 aliphatic rings. The van der Waals surface area contributed by atoms with Gasteiger partial charge in [-0.15, -0.1) is 0 Å². The molecule has 2 N–H and O–H groups in total. The van der Waals surface area contributed by atoms with E-state index in [1.165, 1.54) is 38.3 Å². The molecule has 0 heterocycles. The SMILES string of the molecule is COc1ccc(C)cc1NC(=O)/C(=C\c1cccc([N+](=O)[O-])c1)NC(C)=O. The van der Waals surface area contributed by atoms with Crippen LogP contribution in [0.25, 0.3) is 6.08 Å². The Balaban J connectivity index is 2.37. The predicted octanol–water partition coefficient (Wildman–Crippen LogP) is 3.03. The van der Waals surface area contributed by atoms with Crippen LogP contribution in [0.3, 0.4) is 0 Å². The zero-order valence-electron chi connectivity index (χ0n) is 15.1. The number of hydrogen-bond acceptors (Lipinski definition) is 5. The van der Waals surface area contributed by atoms with Gasteiger partial charge in [0.15, 0.2) is 0 Å². The third-order valence-corrected chi connectivity index (χ3v) is 3.55. The predicted molar refractivity (Wildman–Crippen MR) is 101 cm³/mol. The Bertz CT molecular complexity index is 921. The molecular formula is C19H19N3O5. The highest BCUT2D eigenvalue weighted by molar-refractivity contribution is 6.09. The second kappa shape index (κ2) is 8.61. The number of rotatable bonds is 6. The average Bonchev–Trinajstić information content (AvgIpc) is 2.61. The molecule has 0 atom stereocenters. The minimum atomic E-state index is -0.583. The summed E-state index contributed by atoms with van der Waals surface area (Å²) < 4.78 is 5.23. The van der Waals surface area contributed by atoms with Gasteiger partial charge >= 0.3 is 0 Å². The summed E-state index contributed by atoms with van der Waals surface area (Å²) in [6, 6.07) is 11.0. The van der Waals surface area contributed by atoms with E-state index in [1.807, 2.05) is 13.0 Å². The second-order valence-electron chi connectivity index (χ2n) is 5.75. The zero-order chi connectivity index (χ0) is 20.0. The number of nitro benzene ring substituents is 1. The second-order valence-corrected chi connectivity index (χ2v) is 5.75. The van der Waals surface area contributed by atoms with Crippen molar-refractivity contribution < 1.29 is 19.2 Å². The quantitative estimate of drug-likeness (QED) is 0.462. The van der Waals surface area contributed by atoms with Gasteiger partial charge in [-0.05, 0) is 36.3 Å². The third kappa shape index (κ3) is 5.40. The summed E-state index contributed by atoms with van der Waals surface area (Å²) in [4.78, 5) is 34.5.